The molecule has 0 spiro atoms. The fourth-order valence-electron chi connectivity index (χ4n) is 2.59. The number of benzene rings is 2. The summed E-state index contributed by atoms with van der Waals surface area (Å²) in [6.45, 7) is 5.86. The Balaban J connectivity index is 1.83. The molecular weight excluding hydrogens is 315 g/mol. The van der Waals surface area contributed by atoms with Crippen molar-refractivity contribution in [3.8, 4) is 10.4 Å². The molecule has 0 bridgehead atoms. The van der Waals surface area contributed by atoms with Gasteiger partial charge >= 0.3 is 0 Å². The van der Waals surface area contributed by atoms with E-state index in [9.17, 15) is 4.39 Å². The van der Waals surface area contributed by atoms with Crippen LogP contribution >= 0.6 is 11.3 Å². The first-order valence-corrected chi connectivity index (χ1v) is 8.70. The van der Waals surface area contributed by atoms with Gasteiger partial charge in [-0.2, -0.15) is 0 Å². The molecular formula is C22H19FS. The Labute approximate surface area is 146 Å². The Morgan fingerprint density at radius 3 is 2.58 bits per heavy atom. The summed E-state index contributed by atoms with van der Waals surface area (Å²) < 4.78 is 13.1. The van der Waals surface area contributed by atoms with Crippen LogP contribution in [-0.4, -0.2) is 0 Å². The lowest BCUT2D eigenvalue weighted by molar-refractivity contribution is 0.628. The first-order valence-electron chi connectivity index (χ1n) is 7.89. The molecule has 120 valence electrons. The lowest BCUT2D eigenvalue weighted by atomic mass is 10.0. The zero-order chi connectivity index (χ0) is 16.9. The second kappa shape index (κ2) is 7.41. The summed E-state index contributed by atoms with van der Waals surface area (Å²) in [5.74, 6) is -0.199. The quantitative estimate of drug-likeness (QED) is 0.458. The molecule has 1 aromatic heterocycles. The number of thiophene rings is 1. The van der Waals surface area contributed by atoms with E-state index in [1.807, 2.05) is 18.2 Å². The molecule has 0 unspecified atom stereocenters. The molecule has 0 fully saturated rings. The van der Waals surface area contributed by atoms with Crippen LogP contribution in [0.4, 0.5) is 4.39 Å². The molecule has 0 aliphatic rings. The van der Waals surface area contributed by atoms with Crippen LogP contribution in [0.1, 0.15) is 21.6 Å². The summed E-state index contributed by atoms with van der Waals surface area (Å²) in [4.78, 5) is 2.48. The van der Waals surface area contributed by atoms with Crippen LogP contribution in [0, 0.1) is 12.7 Å². The molecule has 3 aromatic rings. The maximum Gasteiger partial charge on any atom is 0.123 e. The third-order valence-electron chi connectivity index (χ3n) is 3.95. The molecule has 0 atom stereocenters. The van der Waals surface area contributed by atoms with Crippen molar-refractivity contribution in [2.75, 3.05) is 0 Å². The molecule has 3 rings (SSSR count). The molecule has 0 N–H and O–H groups in total. The summed E-state index contributed by atoms with van der Waals surface area (Å²) in [5.41, 5.74) is 4.87. The van der Waals surface area contributed by atoms with Crippen LogP contribution in [0.15, 0.2) is 73.3 Å². The van der Waals surface area contributed by atoms with Gasteiger partial charge in [0, 0.05) is 16.2 Å². The fourth-order valence-corrected chi connectivity index (χ4v) is 3.63. The molecule has 0 amide bonds. The molecule has 0 saturated carbocycles. The zero-order valence-electron chi connectivity index (χ0n) is 13.6. The van der Waals surface area contributed by atoms with E-state index < -0.39 is 0 Å². The van der Waals surface area contributed by atoms with Gasteiger partial charge in [0.2, 0.25) is 0 Å². The van der Waals surface area contributed by atoms with Gasteiger partial charge in [0.05, 0.1) is 0 Å². The summed E-state index contributed by atoms with van der Waals surface area (Å²) in [6, 6.07) is 17.5. The highest BCUT2D eigenvalue weighted by Crippen LogP contribution is 2.30. The van der Waals surface area contributed by atoms with Crippen molar-refractivity contribution in [1.82, 2.24) is 0 Å². The van der Waals surface area contributed by atoms with Crippen molar-refractivity contribution in [1.29, 1.82) is 0 Å². The lowest BCUT2D eigenvalue weighted by Crippen LogP contribution is -1.90. The summed E-state index contributed by atoms with van der Waals surface area (Å²) in [6.07, 6.45) is 6.71. The Bertz CT molecular complexity index is 869. The number of allylic oxidation sites excluding steroid dienone is 2. The lowest BCUT2D eigenvalue weighted by Gasteiger charge is -2.06. The summed E-state index contributed by atoms with van der Waals surface area (Å²) in [7, 11) is 0. The smallest absolute Gasteiger partial charge is 0.123 e. The van der Waals surface area contributed by atoms with E-state index in [0.29, 0.717) is 0 Å². The molecule has 2 aromatic carbocycles. The molecule has 2 heteroatoms. The van der Waals surface area contributed by atoms with Crippen LogP contribution < -0.4 is 0 Å². The van der Waals surface area contributed by atoms with E-state index in [1.165, 1.54) is 38.6 Å². The normalized spacial score (nSPS) is 11.1. The monoisotopic (exact) mass is 334 g/mol. The highest BCUT2D eigenvalue weighted by atomic mass is 32.1. The third-order valence-corrected chi connectivity index (χ3v) is 5.09. The van der Waals surface area contributed by atoms with Crippen LogP contribution in [0.5, 0.6) is 0 Å². The molecule has 0 aliphatic carbocycles. The van der Waals surface area contributed by atoms with Crippen molar-refractivity contribution in [2.24, 2.45) is 0 Å². The van der Waals surface area contributed by atoms with Crippen LogP contribution in [0.3, 0.4) is 0 Å². The average Bonchev–Trinajstić information content (AvgIpc) is 3.05. The number of rotatable bonds is 5. The van der Waals surface area contributed by atoms with E-state index in [1.54, 1.807) is 17.4 Å². The van der Waals surface area contributed by atoms with Gasteiger partial charge in [0.15, 0.2) is 0 Å². The van der Waals surface area contributed by atoms with E-state index >= 15 is 0 Å². The van der Waals surface area contributed by atoms with E-state index in [0.717, 1.165) is 12.0 Å². The van der Waals surface area contributed by atoms with Gasteiger partial charge in [0.25, 0.3) is 0 Å². The van der Waals surface area contributed by atoms with Crippen molar-refractivity contribution in [2.45, 2.75) is 13.3 Å². The Kier molecular flexibility index (Phi) is 5.07. The van der Waals surface area contributed by atoms with Crippen LogP contribution in [-0.2, 0) is 6.42 Å². The average molecular weight is 334 g/mol. The van der Waals surface area contributed by atoms with Crippen LogP contribution in [0.2, 0.25) is 0 Å². The standard InChI is InChI=1S/C22H19FS/c1-3-4-5-17-7-6-16(2)19(14-17)15-21-12-13-22(24-21)18-8-10-20(23)11-9-18/h3-14H,1,15H2,2H3/b5-4+. The van der Waals surface area contributed by atoms with Gasteiger partial charge in [-0.15, -0.1) is 11.3 Å². The van der Waals surface area contributed by atoms with Gasteiger partial charge in [-0.1, -0.05) is 55.1 Å². The van der Waals surface area contributed by atoms with Gasteiger partial charge in [-0.25, -0.2) is 4.39 Å². The second-order valence-electron chi connectivity index (χ2n) is 5.73. The van der Waals surface area contributed by atoms with Crippen molar-refractivity contribution in [3.63, 3.8) is 0 Å². The SMILES string of the molecule is C=C/C=C/c1ccc(C)c(Cc2ccc(-c3ccc(F)cc3)s2)c1. The first kappa shape index (κ1) is 16.4. The summed E-state index contributed by atoms with van der Waals surface area (Å²) in [5, 5.41) is 0. The third kappa shape index (κ3) is 3.90. The minimum absolute atomic E-state index is 0.199. The zero-order valence-corrected chi connectivity index (χ0v) is 14.4. The topological polar surface area (TPSA) is 0 Å². The van der Waals surface area contributed by atoms with Gasteiger partial charge in [0.1, 0.15) is 5.82 Å². The molecule has 1 heterocycles. The highest BCUT2D eigenvalue weighted by Gasteiger charge is 2.06. The Hall–Kier alpha value is -2.45. The van der Waals surface area contributed by atoms with E-state index in [2.05, 4.69) is 49.9 Å². The van der Waals surface area contributed by atoms with Gasteiger partial charge < -0.3 is 0 Å². The minimum Gasteiger partial charge on any atom is -0.207 e. The Morgan fingerprint density at radius 2 is 1.83 bits per heavy atom. The summed E-state index contributed by atoms with van der Waals surface area (Å²) >= 11 is 1.76. The largest absolute Gasteiger partial charge is 0.207 e. The molecule has 0 radical (unpaired) electrons. The number of hydrogen-bond donors (Lipinski definition) is 0. The predicted molar refractivity (Wildman–Crippen MR) is 103 cm³/mol. The van der Waals surface area contributed by atoms with E-state index in [-0.39, 0.29) is 5.82 Å². The maximum absolute atomic E-state index is 13.1. The van der Waals surface area contributed by atoms with Crippen molar-refractivity contribution < 1.29 is 4.39 Å². The number of aryl methyl sites for hydroxylation is 1. The highest BCUT2D eigenvalue weighted by molar-refractivity contribution is 7.15. The predicted octanol–water partition coefficient (Wildman–Crippen LogP) is 6.65. The maximum atomic E-state index is 13.1. The Morgan fingerprint density at radius 1 is 1.04 bits per heavy atom. The van der Waals surface area contributed by atoms with Crippen molar-refractivity contribution >= 4 is 17.4 Å². The minimum atomic E-state index is -0.199. The first-order chi connectivity index (χ1) is 11.7. The van der Waals surface area contributed by atoms with Crippen molar-refractivity contribution in [3.05, 3.63) is 101 Å². The number of hydrogen-bond acceptors (Lipinski definition) is 1. The molecule has 0 aliphatic heterocycles. The number of halogens is 1. The fraction of sp³-hybridized carbons (Fsp3) is 0.0909. The van der Waals surface area contributed by atoms with Gasteiger partial charge in [-0.05, 0) is 53.4 Å². The van der Waals surface area contributed by atoms with E-state index in [4.69, 9.17) is 0 Å². The molecule has 0 saturated heterocycles. The molecule has 24 heavy (non-hydrogen) atoms. The van der Waals surface area contributed by atoms with Crippen LogP contribution in [0.25, 0.3) is 16.5 Å². The second-order valence-corrected chi connectivity index (χ2v) is 6.90. The molecule has 0 nitrogen and oxygen atoms in total. The van der Waals surface area contributed by atoms with Gasteiger partial charge in [-0.3, -0.25) is 0 Å².